The zero-order valence-corrected chi connectivity index (χ0v) is 12.4. The fraction of sp³-hybridized carbons (Fsp3) is 0.176. The molecule has 0 aromatic heterocycles. The van der Waals surface area contributed by atoms with Crippen LogP contribution in [0.4, 0.5) is 0 Å². The number of hydrogen-bond donors (Lipinski definition) is 4. The molecule has 2 atom stereocenters. The highest BCUT2D eigenvalue weighted by atomic mass is 16.4. The van der Waals surface area contributed by atoms with Crippen LogP contribution >= 0.6 is 0 Å². The molecule has 0 saturated heterocycles. The van der Waals surface area contributed by atoms with Crippen LogP contribution in [-0.4, -0.2) is 33.3 Å². The first-order chi connectivity index (χ1) is 10.9. The molecule has 0 radical (unpaired) electrons. The molecule has 0 heterocycles. The SMILES string of the molecule is N[C@@H](Cc1ccccc1)C(=O)O.O=C(O)C(O)c1ccccc1. The van der Waals surface area contributed by atoms with Gasteiger partial charge >= 0.3 is 11.9 Å². The molecule has 0 fully saturated rings. The molecule has 6 nitrogen and oxygen atoms in total. The quantitative estimate of drug-likeness (QED) is 0.662. The van der Waals surface area contributed by atoms with Crippen LogP contribution in [0.1, 0.15) is 17.2 Å². The minimum absolute atomic E-state index is 0.385. The molecule has 0 aliphatic heterocycles. The van der Waals surface area contributed by atoms with Crippen LogP contribution in [0.2, 0.25) is 0 Å². The topological polar surface area (TPSA) is 121 Å². The van der Waals surface area contributed by atoms with Crippen molar-refractivity contribution in [1.29, 1.82) is 0 Å². The summed E-state index contributed by atoms with van der Waals surface area (Å²) >= 11 is 0. The van der Waals surface area contributed by atoms with E-state index < -0.39 is 24.1 Å². The number of nitrogens with two attached hydrogens (primary N) is 1. The average Bonchev–Trinajstić information content (AvgIpc) is 2.56. The zero-order chi connectivity index (χ0) is 17.2. The Labute approximate surface area is 133 Å². The van der Waals surface area contributed by atoms with E-state index >= 15 is 0 Å². The number of carbonyl (C=O) groups is 2. The van der Waals surface area contributed by atoms with Crippen molar-refractivity contribution in [3.8, 4) is 0 Å². The molecule has 1 unspecified atom stereocenters. The highest BCUT2D eigenvalue weighted by Gasteiger charge is 2.14. The van der Waals surface area contributed by atoms with Gasteiger partial charge in [0.15, 0.2) is 6.10 Å². The molecule has 2 rings (SSSR count). The van der Waals surface area contributed by atoms with Crippen molar-refractivity contribution in [2.45, 2.75) is 18.6 Å². The summed E-state index contributed by atoms with van der Waals surface area (Å²) < 4.78 is 0. The highest BCUT2D eigenvalue weighted by molar-refractivity contribution is 5.74. The van der Waals surface area contributed by atoms with Crippen molar-refractivity contribution in [3.05, 3.63) is 71.8 Å². The van der Waals surface area contributed by atoms with Crippen LogP contribution in [-0.2, 0) is 16.0 Å². The van der Waals surface area contributed by atoms with Gasteiger partial charge in [0.05, 0.1) is 0 Å². The lowest BCUT2D eigenvalue weighted by Crippen LogP contribution is -2.32. The van der Waals surface area contributed by atoms with Crippen LogP contribution in [0.5, 0.6) is 0 Å². The molecule has 2 aromatic rings. The summed E-state index contributed by atoms with van der Waals surface area (Å²) in [6, 6.07) is 16.8. The Bertz CT molecular complexity index is 615. The van der Waals surface area contributed by atoms with Gasteiger partial charge in [-0.2, -0.15) is 0 Å². The number of carboxylic acids is 2. The standard InChI is InChI=1S/C9H11NO2.C8H8O3/c10-8(9(11)12)6-7-4-2-1-3-5-7;9-7(8(10)11)6-4-2-1-3-5-6/h1-5,8H,6,10H2,(H,11,12);1-5,7,9H,(H,10,11)/t8-;/m0./s1. The third-order valence-corrected chi connectivity index (χ3v) is 2.96. The predicted octanol–water partition coefficient (Wildman–Crippen LogP) is 1.45. The first-order valence-electron chi connectivity index (χ1n) is 6.90. The van der Waals surface area contributed by atoms with Gasteiger partial charge in [-0.1, -0.05) is 60.7 Å². The Kier molecular flexibility index (Phi) is 7.45. The van der Waals surface area contributed by atoms with Gasteiger partial charge in [-0.05, 0) is 17.5 Å². The summed E-state index contributed by atoms with van der Waals surface area (Å²) in [6.07, 6.45) is -1.02. The molecule has 0 saturated carbocycles. The first-order valence-corrected chi connectivity index (χ1v) is 6.90. The molecule has 23 heavy (non-hydrogen) atoms. The third kappa shape index (κ3) is 6.73. The summed E-state index contributed by atoms with van der Waals surface area (Å²) in [4.78, 5) is 20.6. The molecule has 2 aromatic carbocycles. The van der Waals surface area contributed by atoms with E-state index in [1.807, 2.05) is 30.3 Å². The molecule has 5 N–H and O–H groups in total. The summed E-state index contributed by atoms with van der Waals surface area (Å²) in [7, 11) is 0. The van der Waals surface area contributed by atoms with E-state index in [0.29, 0.717) is 12.0 Å². The summed E-state index contributed by atoms with van der Waals surface area (Å²) in [5, 5.41) is 25.9. The van der Waals surface area contributed by atoms with Crippen LogP contribution in [0.25, 0.3) is 0 Å². The zero-order valence-electron chi connectivity index (χ0n) is 12.4. The molecule has 0 aliphatic rings. The Balaban J connectivity index is 0.000000231. The Morgan fingerprint density at radius 3 is 1.78 bits per heavy atom. The minimum Gasteiger partial charge on any atom is -0.480 e. The lowest BCUT2D eigenvalue weighted by molar-refractivity contribution is -0.147. The maximum atomic E-state index is 10.4. The van der Waals surface area contributed by atoms with Crippen molar-refractivity contribution in [2.24, 2.45) is 5.73 Å². The number of aliphatic carboxylic acids is 2. The molecular weight excluding hydrogens is 298 g/mol. The fourth-order valence-corrected chi connectivity index (χ4v) is 1.73. The van der Waals surface area contributed by atoms with E-state index in [9.17, 15) is 9.59 Å². The van der Waals surface area contributed by atoms with Crippen molar-refractivity contribution < 1.29 is 24.9 Å². The van der Waals surface area contributed by atoms with Gasteiger partial charge in [-0.15, -0.1) is 0 Å². The van der Waals surface area contributed by atoms with Gasteiger partial charge < -0.3 is 21.1 Å². The van der Waals surface area contributed by atoms with Gasteiger partial charge in [0.25, 0.3) is 0 Å². The van der Waals surface area contributed by atoms with E-state index in [0.717, 1.165) is 5.56 Å². The molecule has 0 aliphatic carbocycles. The van der Waals surface area contributed by atoms with E-state index in [4.69, 9.17) is 21.1 Å². The number of rotatable bonds is 5. The largest absolute Gasteiger partial charge is 0.480 e. The van der Waals surface area contributed by atoms with E-state index in [1.165, 1.54) is 0 Å². The lowest BCUT2D eigenvalue weighted by atomic mass is 10.1. The number of hydrogen-bond acceptors (Lipinski definition) is 4. The van der Waals surface area contributed by atoms with Crippen molar-refractivity contribution >= 4 is 11.9 Å². The summed E-state index contributed by atoms with van der Waals surface area (Å²) in [5.74, 6) is -2.19. The molecule has 122 valence electrons. The average molecular weight is 317 g/mol. The second-order valence-corrected chi connectivity index (χ2v) is 4.79. The van der Waals surface area contributed by atoms with Crippen LogP contribution in [0.3, 0.4) is 0 Å². The molecule has 6 heteroatoms. The number of aliphatic hydroxyl groups is 1. The first kappa shape index (κ1) is 18.3. The molecule has 0 bridgehead atoms. The Morgan fingerprint density at radius 2 is 1.35 bits per heavy atom. The van der Waals surface area contributed by atoms with E-state index in [-0.39, 0.29) is 0 Å². The van der Waals surface area contributed by atoms with Crippen molar-refractivity contribution in [1.82, 2.24) is 0 Å². The fourth-order valence-electron chi connectivity index (χ4n) is 1.73. The maximum Gasteiger partial charge on any atom is 0.337 e. The Morgan fingerprint density at radius 1 is 0.870 bits per heavy atom. The lowest BCUT2D eigenvalue weighted by Gasteiger charge is -2.04. The number of carboxylic acid groups (broad SMARTS) is 2. The van der Waals surface area contributed by atoms with Crippen LogP contribution in [0.15, 0.2) is 60.7 Å². The molecule has 0 amide bonds. The van der Waals surface area contributed by atoms with Gasteiger partial charge in [-0.3, -0.25) is 4.79 Å². The summed E-state index contributed by atoms with van der Waals surface area (Å²) in [6.45, 7) is 0. The Hall–Kier alpha value is -2.70. The minimum atomic E-state index is -1.41. The van der Waals surface area contributed by atoms with Crippen molar-refractivity contribution in [3.63, 3.8) is 0 Å². The molecule has 0 spiro atoms. The second-order valence-electron chi connectivity index (χ2n) is 4.79. The second kappa shape index (κ2) is 9.34. The van der Waals surface area contributed by atoms with E-state index in [2.05, 4.69) is 0 Å². The smallest absolute Gasteiger partial charge is 0.337 e. The molecular formula is C17H19NO5. The van der Waals surface area contributed by atoms with E-state index in [1.54, 1.807) is 30.3 Å². The monoisotopic (exact) mass is 317 g/mol. The normalized spacial score (nSPS) is 12.4. The number of benzene rings is 2. The van der Waals surface area contributed by atoms with Gasteiger partial charge in [0.1, 0.15) is 6.04 Å². The summed E-state index contributed by atoms with van der Waals surface area (Å²) in [5.41, 5.74) is 6.70. The maximum absolute atomic E-state index is 10.4. The third-order valence-electron chi connectivity index (χ3n) is 2.96. The van der Waals surface area contributed by atoms with Crippen LogP contribution in [0, 0.1) is 0 Å². The van der Waals surface area contributed by atoms with Gasteiger partial charge in [-0.25, -0.2) is 4.79 Å². The van der Waals surface area contributed by atoms with Crippen LogP contribution < -0.4 is 5.73 Å². The van der Waals surface area contributed by atoms with Gasteiger partial charge in [0, 0.05) is 0 Å². The van der Waals surface area contributed by atoms with Crippen molar-refractivity contribution in [2.75, 3.05) is 0 Å². The predicted molar refractivity (Wildman–Crippen MR) is 84.8 cm³/mol. The number of aliphatic hydroxyl groups excluding tert-OH is 1. The highest BCUT2D eigenvalue weighted by Crippen LogP contribution is 2.10. The van der Waals surface area contributed by atoms with Gasteiger partial charge in [0.2, 0.25) is 0 Å².